The summed E-state index contributed by atoms with van der Waals surface area (Å²) < 4.78 is 4.44. The van der Waals surface area contributed by atoms with Gasteiger partial charge >= 0.3 is 119 Å². The first-order chi connectivity index (χ1) is 9.45. The first-order valence-corrected chi connectivity index (χ1v) is 9.22. The minimum absolute atomic E-state index is 0. The van der Waals surface area contributed by atoms with Crippen LogP contribution >= 0.6 is 0 Å². The molecule has 3 rings (SSSR count). The summed E-state index contributed by atoms with van der Waals surface area (Å²) in [5, 5.41) is 0. The summed E-state index contributed by atoms with van der Waals surface area (Å²) in [5.74, 6) is 0. The molecule has 0 N–H and O–H groups in total. The summed E-state index contributed by atoms with van der Waals surface area (Å²) in [5.41, 5.74) is 0. The molecule has 0 nitrogen and oxygen atoms in total. The molecular weight excluding hydrogens is 366 g/mol. The Bertz CT molecular complexity index is 527. The van der Waals surface area contributed by atoms with Crippen LogP contribution < -0.4 is 13.1 Å². The predicted molar refractivity (Wildman–Crippen MR) is 89.7 cm³/mol. The summed E-state index contributed by atoms with van der Waals surface area (Å²) in [6.07, 6.45) is 0. The van der Waals surface area contributed by atoms with Crippen LogP contribution in [-0.4, -0.2) is 32.6 Å². The van der Waals surface area contributed by atoms with Gasteiger partial charge in [-0.2, -0.15) is 0 Å². The molecule has 0 bridgehead atoms. The molecule has 0 saturated carbocycles. The Balaban J connectivity index is 0.00000147. The Hall–Kier alpha value is -1.22. The summed E-state index contributed by atoms with van der Waals surface area (Å²) in [6.45, 7) is 0. The number of hydrogen-bond acceptors (Lipinski definition) is 0. The first-order valence-electron chi connectivity index (χ1n) is 6.40. The van der Waals surface area contributed by atoms with E-state index in [1.807, 2.05) is 0 Å². The van der Waals surface area contributed by atoms with Gasteiger partial charge in [-0.05, 0) is 0 Å². The van der Waals surface area contributed by atoms with Crippen molar-refractivity contribution in [2.75, 3.05) is 0 Å². The van der Waals surface area contributed by atoms with Gasteiger partial charge in [-0.1, -0.05) is 0 Å². The molecule has 2 heteroatoms. The molecule has 97 valence electrons. The van der Waals surface area contributed by atoms with Crippen LogP contribution in [0.3, 0.4) is 0 Å². The van der Waals surface area contributed by atoms with Crippen molar-refractivity contribution in [3.05, 3.63) is 91.0 Å². The second-order valence-corrected chi connectivity index (χ2v) is 9.00. The third kappa shape index (κ3) is 3.45. The molecule has 0 spiro atoms. The maximum absolute atomic E-state index is 2.26. The van der Waals surface area contributed by atoms with Crippen molar-refractivity contribution in [3.63, 3.8) is 0 Å². The van der Waals surface area contributed by atoms with Crippen LogP contribution in [0.5, 0.6) is 0 Å². The van der Waals surface area contributed by atoms with Crippen molar-refractivity contribution in [1.29, 1.82) is 0 Å². The van der Waals surface area contributed by atoms with Crippen LogP contribution in [0, 0.1) is 0 Å². The summed E-state index contributed by atoms with van der Waals surface area (Å²) >= 11 is -1.39. The average molecular weight is 381 g/mol. The maximum atomic E-state index is 2.26. The summed E-state index contributed by atoms with van der Waals surface area (Å²) in [6, 6.07) is 32.7. The van der Waals surface area contributed by atoms with E-state index in [2.05, 4.69) is 91.0 Å². The zero-order valence-electron chi connectivity index (χ0n) is 11.1. The third-order valence-corrected chi connectivity index (χ3v) is 8.17. The van der Waals surface area contributed by atoms with E-state index in [4.69, 9.17) is 0 Å². The molecule has 20 heavy (non-hydrogen) atoms. The van der Waals surface area contributed by atoms with Crippen molar-refractivity contribution in [1.82, 2.24) is 0 Å². The van der Waals surface area contributed by atoms with Gasteiger partial charge in [-0.15, -0.1) is 0 Å². The van der Waals surface area contributed by atoms with Crippen molar-refractivity contribution in [3.8, 4) is 0 Å². The number of hydrogen-bond donors (Lipinski definition) is 0. The second kappa shape index (κ2) is 7.53. The van der Waals surface area contributed by atoms with Crippen LogP contribution in [0.25, 0.3) is 0 Å². The molecule has 3 radical (unpaired) electrons. The molecule has 0 heterocycles. The average Bonchev–Trinajstić information content (AvgIpc) is 2.51. The fourth-order valence-electron chi connectivity index (χ4n) is 2.18. The standard InChI is InChI=1S/C18H15As.As/c1-4-10-16(11-5-1)19(17-12-6-2-7-13-17)18-14-8-3-9-15-18;/h1-15H;. The predicted octanol–water partition coefficient (Wildman–Crippen LogP) is 1.82. The second-order valence-electron chi connectivity index (χ2n) is 4.34. The molecule has 0 fully saturated rings. The topological polar surface area (TPSA) is 0 Å². The number of benzene rings is 3. The molecule has 0 aliphatic heterocycles. The van der Waals surface area contributed by atoms with Crippen molar-refractivity contribution in [2.45, 2.75) is 0 Å². The van der Waals surface area contributed by atoms with Crippen LogP contribution in [0.15, 0.2) is 91.0 Å². The first kappa shape index (κ1) is 15.2. The Labute approximate surface area is 136 Å². The number of rotatable bonds is 3. The zero-order chi connectivity index (χ0) is 12.9. The van der Waals surface area contributed by atoms with E-state index in [1.54, 1.807) is 0 Å². The molecule has 0 atom stereocenters. The molecule has 0 aliphatic rings. The van der Waals surface area contributed by atoms with Crippen molar-refractivity contribution >= 4 is 45.7 Å². The molecular formula is C18H15As2. The van der Waals surface area contributed by atoms with Gasteiger partial charge in [0.25, 0.3) is 0 Å². The van der Waals surface area contributed by atoms with E-state index in [-0.39, 0.29) is 18.0 Å². The molecule has 0 saturated heterocycles. The van der Waals surface area contributed by atoms with E-state index >= 15 is 0 Å². The van der Waals surface area contributed by atoms with Crippen LogP contribution in [0.2, 0.25) is 0 Å². The Morgan fingerprint density at radius 2 is 0.650 bits per heavy atom. The van der Waals surface area contributed by atoms with Gasteiger partial charge in [0.15, 0.2) is 0 Å². The van der Waals surface area contributed by atoms with E-state index < -0.39 is 14.7 Å². The SMILES string of the molecule is [As].c1ccc([As](c2ccccc2)c2ccccc2)cc1. The van der Waals surface area contributed by atoms with Crippen molar-refractivity contribution in [2.24, 2.45) is 0 Å². The van der Waals surface area contributed by atoms with E-state index in [1.165, 1.54) is 13.1 Å². The Morgan fingerprint density at radius 1 is 0.400 bits per heavy atom. The third-order valence-electron chi connectivity index (χ3n) is 3.04. The Morgan fingerprint density at radius 3 is 0.900 bits per heavy atom. The van der Waals surface area contributed by atoms with E-state index in [0.29, 0.717) is 0 Å². The molecule has 3 aromatic carbocycles. The fraction of sp³-hybridized carbons (Fsp3) is 0. The van der Waals surface area contributed by atoms with Crippen molar-refractivity contribution < 1.29 is 0 Å². The van der Waals surface area contributed by atoms with E-state index in [9.17, 15) is 0 Å². The molecule has 0 unspecified atom stereocenters. The Kier molecular flexibility index (Phi) is 5.71. The molecule has 3 aromatic rings. The van der Waals surface area contributed by atoms with Gasteiger partial charge in [-0.3, -0.25) is 0 Å². The minimum atomic E-state index is -1.39. The summed E-state index contributed by atoms with van der Waals surface area (Å²) in [7, 11) is 0. The van der Waals surface area contributed by atoms with Gasteiger partial charge in [0.05, 0.1) is 0 Å². The molecule has 0 aliphatic carbocycles. The fourth-order valence-corrected chi connectivity index (χ4v) is 7.02. The van der Waals surface area contributed by atoms with E-state index in [0.717, 1.165) is 0 Å². The van der Waals surface area contributed by atoms with Gasteiger partial charge in [0.2, 0.25) is 0 Å². The van der Waals surface area contributed by atoms with Gasteiger partial charge in [0, 0.05) is 18.0 Å². The summed E-state index contributed by atoms with van der Waals surface area (Å²) in [4.78, 5) is 0. The van der Waals surface area contributed by atoms with Crippen LogP contribution in [0.1, 0.15) is 0 Å². The van der Waals surface area contributed by atoms with Crippen LogP contribution in [0.4, 0.5) is 0 Å². The normalized spacial score (nSPS) is 10.1. The monoisotopic (exact) mass is 381 g/mol. The quantitative estimate of drug-likeness (QED) is 0.608. The molecule has 0 aromatic heterocycles. The molecule has 0 amide bonds. The van der Waals surface area contributed by atoms with Gasteiger partial charge in [0.1, 0.15) is 0 Å². The van der Waals surface area contributed by atoms with Crippen LogP contribution in [-0.2, 0) is 0 Å². The van der Waals surface area contributed by atoms with Gasteiger partial charge < -0.3 is 0 Å². The zero-order valence-corrected chi connectivity index (χ0v) is 14.8. The van der Waals surface area contributed by atoms with Gasteiger partial charge in [-0.25, -0.2) is 0 Å².